The third-order valence-corrected chi connectivity index (χ3v) is 8.50. The van der Waals surface area contributed by atoms with Gasteiger partial charge in [0.25, 0.3) is 0 Å². The van der Waals surface area contributed by atoms with Gasteiger partial charge < -0.3 is 14.5 Å². The predicted octanol–water partition coefficient (Wildman–Crippen LogP) is 7.82. The van der Waals surface area contributed by atoms with E-state index in [9.17, 15) is 0 Å². The molecule has 2 aliphatic rings. The molecule has 188 valence electrons. The maximum absolute atomic E-state index is 15.1. The van der Waals surface area contributed by atoms with Crippen molar-refractivity contribution in [3.8, 4) is 5.75 Å². The fourth-order valence-corrected chi connectivity index (χ4v) is 6.58. The monoisotopic (exact) mass is 500 g/mol. The summed E-state index contributed by atoms with van der Waals surface area (Å²) in [4.78, 5) is 4.45. The fraction of sp³-hybridized carbons (Fsp3) is 0.176. The summed E-state index contributed by atoms with van der Waals surface area (Å²) in [5, 5.41) is 4.66. The minimum atomic E-state index is -0.402. The summed E-state index contributed by atoms with van der Waals surface area (Å²) >= 11 is 0. The largest absolute Gasteiger partial charge is 0.438 e. The van der Waals surface area contributed by atoms with Gasteiger partial charge in [-0.25, -0.2) is 4.39 Å². The molecule has 7 rings (SSSR count). The zero-order chi connectivity index (χ0) is 26.0. The molecule has 5 aromatic carbocycles. The van der Waals surface area contributed by atoms with Gasteiger partial charge in [0.2, 0.25) is 0 Å². The quantitative estimate of drug-likeness (QED) is 0.251. The molecule has 0 fully saturated rings. The first-order chi connectivity index (χ1) is 18.5. The molecule has 5 aromatic rings. The van der Waals surface area contributed by atoms with E-state index in [4.69, 9.17) is 4.74 Å². The third kappa shape index (κ3) is 3.26. The molecule has 38 heavy (non-hydrogen) atoms. The number of ether oxygens (including phenoxy) is 1. The van der Waals surface area contributed by atoms with E-state index in [1.807, 2.05) is 24.3 Å². The van der Waals surface area contributed by atoms with Gasteiger partial charge in [-0.3, -0.25) is 0 Å². The fourth-order valence-electron chi connectivity index (χ4n) is 6.58. The Morgan fingerprint density at radius 3 is 2.18 bits per heavy atom. The highest BCUT2D eigenvalue weighted by Crippen LogP contribution is 2.51. The van der Waals surface area contributed by atoms with Crippen molar-refractivity contribution >= 4 is 32.9 Å². The lowest BCUT2D eigenvalue weighted by Crippen LogP contribution is -2.42. The van der Waals surface area contributed by atoms with Crippen LogP contribution in [0, 0.1) is 5.82 Å². The van der Waals surface area contributed by atoms with Gasteiger partial charge in [0, 0.05) is 30.6 Å². The first-order valence-electron chi connectivity index (χ1n) is 13.1. The van der Waals surface area contributed by atoms with Crippen molar-refractivity contribution in [3.63, 3.8) is 0 Å². The molecule has 0 bridgehead atoms. The van der Waals surface area contributed by atoms with Gasteiger partial charge in [0.1, 0.15) is 5.82 Å². The minimum Gasteiger partial charge on any atom is -0.438 e. The molecule has 0 radical (unpaired) electrons. The van der Waals surface area contributed by atoms with Crippen LogP contribution in [-0.4, -0.2) is 20.1 Å². The lowest BCUT2D eigenvalue weighted by atomic mass is 9.72. The summed E-state index contributed by atoms with van der Waals surface area (Å²) in [6.45, 7) is 2.27. The average Bonchev–Trinajstić information content (AvgIpc) is 3.37. The van der Waals surface area contributed by atoms with Crippen LogP contribution in [-0.2, 0) is 11.8 Å². The van der Waals surface area contributed by atoms with E-state index in [-0.39, 0.29) is 11.9 Å². The molecule has 0 aromatic heterocycles. The lowest BCUT2D eigenvalue weighted by molar-refractivity contribution is 0.404. The number of likely N-dealkylation sites (N-methyl/N-ethyl adjacent to an activating group) is 1. The van der Waals surface area contributed by atoms with E-state index >= 15 is 4.39 Å². The number of hydrogen-bond acceptors (Lipinski definition) is 3. The van der Waals surface area contributed by atoms with E-state index in [0.29, 0.717) is 6.42 Å². The summed E-state index contributed by atoms with van der Waals surface area (Å²) in [6, 6.07) is 32.6. The maximum Gasteiger partial charge on any atom is 0.198 e. The number of halogens is 1. The van der Waals surface area contributed by atoms with Crippen LogP contribution in [0.3, 0.4) is 0 Å². The number of fused-ring (bicyclic) bond motifs is 6. The third-order valence-electron chi connectivity index (χ3n) is 8.50. The van der Waals surface area contributed by atoms with Gasteiger partial charge >= 0.3 is 0 Å². The molecular weight excluding hydrogens is 471 g/mol. The van der Waals surface area contributed by atoms with E-state index in [0.717, 1.165) is 33.7 Å². The van der Waals surface area contributed by atoms with E-state index in [1.54, 1.807) is 12.1 Å². The Morgan fingerprint density at radius 1 is 0.789 bits per heavy atom. The molecule has 0 saturated carbocycles. The molecule has 0 saturated heterocycles. The van der Waals surface area contributed by atoms with Crippen molar-refractivity contribution in [1.82, 2.24) is 0 Å². The number of nitrogens with zero attached hydrogens (tertiary/aromatic N) is 2. The molecule has 0 spiro atoms. The standard InChI is InChI=1S/C34H29FN2O/c1-34(21-24-12-6-9-15-27(24)35)30(36(2)28-18-16-22-10-4-7-13-25(22)32(28)34)20-31-37(3)29-19-17-23-11-5-8-14-26(23)33(29)38-31/h4-20,30H,21H2,1-3H3/b31-20-. The zero-order valence-corrected chi connectivity index (χ0v) is 21.8. The van der Waals surface area contributed by atoms with Crippen molar-refractivity contribution in [2.45, 2.75) is 24.8 Å². The number of rotatable bonds is 3. The van der Waals surface area contributed by atoms with Gasteiger partial charge in [-0.1, -0.05) is 85.8 Å². The summed E-state index contributed by atoms with van der Waals surface area (Å²) < 4.78 is 21.6. The van der Waals surface area contributed by atoms with Crippen LogP contribution in [0.4, 0.5) is 15.8 Å². The lowest BCUT2D eigenvalue weighted by Gasteiger charge is -2.34. The van der Waals surface area contributed by atoms with E-state index in [1.165, 1.54) is 22.0 Å². The van der Waals surface area contributed by atoms with E-state index in [2.05, 4.69) is 97.6 Å². The number of anilines is 2. The second-order valence-electron chi connectivity index (χ2n) is 10.7. The van der Waals surface area contributed by atoms with Crippen molar-refractivity contribution in [2.75, 3.05) is 23.9 Å². The van der Waals surface area contributed by atoms with Gasteiger partial charge in [0.05, 0.1) is 11.7 Å². The summed E-state index contributed by atoms with van der Waals surface area (Å²) in [5.74, 6) is 1.52. The average molecular weight is 501 g/mol. The molecule has 2 atom stereocenters. The van der Waals surface area contributed by atoms with Gasteiger partial charge in [-0.05, 0) is 58.0 Å². The highest BCUT2D eigenvalue weighted by molar-refractivity contribution is 5.96. The summed E-state index contributed by atoms with van der Waals surface area (Å²) in [7, 11) is 4.19. The normalized spacial score (nSPS) is 21.3. The Balaban J connectivity index is 1.40. The molecule has 0 N–H and O–H groups in total. The molecule has 2 heterocycles. The van der Waals surface area contributed by atoms with Crippen LogP contribution in [0.1, 0.15) is 18.1 Å². The molecule has 0 amide bonds. The van der Waals surface area contributed by atoms with Crippen LogP contribution in [0.25, 0.3) is 21.5 Å². The second kappa shape index (κ2) is 8.35. The van der Waals surface area contributed by atoms with Crippen molar-refractivity contribution in [1.29, 1.82) is 0 Å². The Morgan fingerprint density at radius 2 is 1.42 bits per heavy atom. The molecule has 2 unspecified atom stereocenters. The van der Waals surface area contributed by atoms with Gasteiger partial charge in [-0.2, -0.15) is 0 Å². The first kappa shape index (κ1) is 22.9. The molecular formula is C34H29FN2O. The topological polar surface area (TPSA) is 15.7 Å². The van der Waals surface area contributed by atoms with E-state index < -0.39 is 5.41 Å². The van der Waals surface area contributed by atoms with Gasteiger partial charge in [0.15, 0.2) is 11.6 Å². The Hall–Kier alpha value is -4.31. The molecule has 4 heteroatoms. The zero-order valence-electron chi connectivity index (χ0n) is 21.8. The van der Waals surface area contributed by atoms with Crippen LogP contribution in [0.15, 0.2) is 109 Å². The Bertz CT molecular complexity index is 1760. The molecule has 3 nitrogen and oxygen atoms in total. The van der Waals surface area contributed by atoms with Crippen molar-refractivity contribution in [3.05, 3.63) is 126 Å². The van der Waals surface area contributed by atoms with Crippen LogP contribution in [0.5, 0.6) is 5.75 Å². The highest BCUT2D eigenvalue weighted by atomic mass is 19.1. The van der Waals surface area contributed by atoms with Crippen molar-refractivity contribution < 1.29 is 9.13 Å². The number of hydrogen-bond donors (Lipinski definition) is 0. The predicted molar refractivity (Wildman–Crippen MR) is 155 cm³/mol. The highest BCUT2D eigenvalue weighted by Gasteiger charge is 2.47. The smallest absolute Gasteiger partial charge is 0.198 e. The molecule has 2 aliphatic heterocycles. The van der Waals surface area contributed by atoms with Crippen molar-refractivity contribution in [2.24, 2.45) is 0 Å². The van der Waals surface area contributed by atoms with Crippen LogP contribution >= 0.6 is 0 Å². The minimum absolute atomic E-state index is 0.0547. The summed E-state index contributed by atoms with van der Waals surface area (Å²) in [6.07, 6.45) is 2.80. The second-order valence-corrected chi connectivity index (χ2v) is 10.7. The van der Waals surface area contributed by atoms with Crippen LogP contribution < -0.4 is 14.5 Å². The summed E-state index contributed by atoms with van der Waals surface area (Å²) in [5.41, 5.74) is 3.80. The molecule has 0 aliphatic carbocycles. The van der Waals surface area contributed by atoms with Gasteiger partial charge in [-0.15, -0.1) is 0 Å². The Kier molecular flexibility index (Phi) is 5.02. The van der Waals surface area contributed by atoms with Crippen LogP contribution in [0.2, 0.25) is 0 Å². The SMILES string of the molecule is CN1/C(=C/C2N(C)c3ccc4ccccc4c3C2(C)Cc2ccccc2F)Oc2c1ccc1ccccc21. The Labute approximate surface area is 222 Å². The maximum atomic E-state index is 15.1. The first-order valence-corrected chi connectivity index (χ1v) is 13.1. The number of benzene rings is 5.